The van der Waals surface area contributed by atoms with Gasteiger partial charge in [-0.3, -0.25) is 4.79 Å². The Morgan fingerprint density at radius 1 is 1.00 bits per heavy atom. The molecule has 0 aliphatic heterocycles. The van der Waals surface area contributed by atoms with Crippen LogP contribution >= 0.6 is 0 Å². The lowest BCUT2D eigenvalue weighted by molar-refractivity contribution is -0.142. The summed E-state index contributed by atoms with van der Waals surface area (Å²) in [4.78, 5) is 36.8. The van der Waals surface area contributed by atoms with E-state index < -0.39 is 30.1 Å². The molecule has 8 heteroatoms. The molecular weight excluding hydrogens is 434 g/mol. The zero-order valence-corrected chi connectivity index (χ0v) is 19.1. The number of nitrogens with one attached hydrogen (secondary N) is 2. The summed E-state index contributed by atoms with van der Waals surface area (Å²) in [5.74, 6) is -1.86. The molecule has 8 nitrogen and oxygen atoms in total. The van der Waals surface area contributed by atoms with Crippen molar-refractivity contribution in [3.63, 3.8) is 0 Å². The second-order valence-corrected chi connectivity index (χ2v) is 8.26. The summed E-state index contributed by atoms with van der Waals surface area (Å²) >= 11 is 0. The van der Waals surface area contributed by atoms with Crippen LogP contribution in [0.5, 0.6) is 0 Å². The molecule has 3 rings (SSSR count). The first-order valence-electron chi connectivity index (χ1n) is 11.5. The van der Waals surface area contributed by atoms with E-state index in [0.29, 0.717) is 12.8 Å². The monoisotopic (exact) mass is 463 g/mol. The van der Waals surface area contributed by atoms with Crippen LogP contribution in [0.1, 0.15) is 56.1 Å². The van der Waals surface area contributed by atoms with Crippen molar-refractivity contribution in [2.45, 2.75) is 57.0 Å². The highest BCUT2D eigenvalue weighted by atomic mass is 16.5. The van der Waals surface area contributed by atoms with Gasteiger partial charge in [0.25, 0.3) is 0 Å². The number of carbonyl (C=O) groups is 3. The molecule has 2 atom stereocenters. The van der Waals surface area contributed by atoms with Crippen LogP contribution in [0.2, 0.25) is 0 Å². The Labute approximate surface area is 198 Å². The molecule has 34 heavy (non-hydrogen) atoms. The molecule has 1 aliphatic carbocycles. The van der Waals surface area contributed by atoms with Crippen molar-refractivity contribution in [3.8, 4) is 17.2 Å². The maximum absolute atomic E-state index is 12.7. The largest absolute Gasteiger partial charge is 0.480 e. The lowest BCUT2D eigenvalue weighted by Gasteiger charge is -2.21. The summed E-state index contributed by atoms with van der Waals surface area (Å²) in [6, 6.07) is 15.9. The van der Waals surface area contributed by atoms with Crippen molar-refractivity contribution in [1.82, 2.24) is 10.6 Å². The van der Waals surface area contributed by atoms with Gasteiger partial charge in [0, 0.05) is 12.3 Å². The number of ether oxygens (including phenoxy) is 1. The van der Waals surface area contributed by atoms with E-state index >= 15 is 0 Å². The van der Waals surface area contributed by atoms with Crippen molar-refractivity contribution in [1.29, 1.82) is 5.26 Å². The highest BCUT2D eigenvalue weighted by molar-refractivity contribution is 5.89. The van der Waals surface area contributed by atoms with Crippen molar-refractivity contribution < 1.29 is 24.2 Å². The number of unbranched alkanes of at least 4 members (excludes halogenated alkanes) is 1. The fraction of sp³-hybridized carbons (Fsp3) is 0.385. The molecule has 2 amide bonds. The molecule has 0 bridgehead atoms. The van der Waals surface area contributed by atoms with Gasteiger partial charge in [0.15, 0.2) is 0 Å². The van der Waals surface area contributed by atoms with Crippen LogP contribution in [0, 0.1) is 11.3 Å². The number of hydrogen-bond donors (Lipinski definition) is 3. The van der Waals surface area contributed by atoms with E-state index in [9.17, 15) is 19.5 Å². The minimum absolute atomic E-state index is 0.0972. The predicted molar refractivity (Wildman–Crippen MR) is 126 cm³/mol. The first-order valence-corrected chi connectivity index (χ1v) is 11.5. The van der Waals surface area contributed by atoms with Crippen LogP contribution in [0.3, 0.4) is 0 Å². The van der Waals surface area contributed by atoms with Crippen LogP contribution < -0.4 is 10.6 Å². The molecule has 0 saturated heterocycles. The molecule has 0 heterocycles. The summed E-state index contributed by atoms with van der Waals surface area (Å²) in [6.07, 6.45) is 0.883. The summed E-state index contributed by atoms with van der Waals surface area (Å²) in [5.41, 5.74) is 4.36. The second kappa shape index (κ2) is 11.8. The second-order valence-electron chi connectivity index (χ2n) is 8.26. The smallest absolute Gasteiger partial charge is 0.407 e. The Morgan fingerprint density at radius 3 is 2.18 bits per heavy atom. The van der Waals surface area contributed by atoms with E-state index in [1.807, 2.05) is 61.5 Å². The SMILES string of the molecule is CCCC(NC(=O)C(CCCC#N)NC(=O)OCC1c2ccccc2-c2ccccc21)C(=O)O. The van der Waals surface area contributed by atoms with Gasteiger partial charge in [-0.05, 0) is 41.5 Å². The number of carbonyl (C=O) groups excluding carboxylic acids is 2. The molecule has 0 spiro atoms. The van der Waals surface area contributed by atoms with Gasteiger partial charge < -0.3 is 20.5 Å². The number of aliphatic carboxylic acids is 1. The van der Waals surface area contributed by atoms with E-state index in [1.54, 1.807) is 0 Å². The van der Waals surface area contributed by atoms with Crippen LogP contribution in [0.15, 0.2) is 48.5 Å². The third-order valence-electron chi connectivity index (χ3n) is 5.93. The number of rotatable bonds is 11. The van der Waals surface area contributed by atoms with Gasteiger partial charge >= 0.3 is 12.1 Å². The lowest BCUT2D eigenvalue weighted by Crippen LogP contribution is -2.51. The molecule has 0 radical (unpaired) electrons. The van der Waals surface area contributed by atoms with Crippen molar-refractivity contribution in [3.05, 3.63) is 59.7 Å². The van der Waals surface area contributed by atoms with E-state index in [-0.39, 0.29) is 31.8 Å². The van der Waals surface area contributed by atoms with Gasteiger partial charge in [-0.25, -0.2) is 9.59 Å². The number of amides is 2. The normalized spacial score (nSPS) is 13.6. The molecule has 2 aromatic rings. The minimum atomic E-state index is -1.13. The van der Waals surface area contributed by atoms with Crippen molar-refractivity contribution in [2.75, 3.05) is 6.61 Å². The molecule has 3 N–H and O–H groups in total. The standard InChI is InChI=1S/C26H29N3O5/c1-2-9-23(25(31)32)28-24(30)22(14-7-8-15-27)29-26(33)34-16-21-19-12-5-3-10-17(19)18-11-4-6-13-20(18)21/h3-6,10-13,21-23H,2,7-9,14,16H2,1H3,(H,28,30)(H,29,33)(H,31,32). The summed E-state index contributed by atoms with van der Waals surface area (Å²) in [7, 11) is 0. The van der Waals surface area contributed by atoms with Crippen molar-refractivity contribution >= 4 is 18.0 Å². The average Bonchev–Trinajstić information content (AvgIpc) is 3.15. The van der Waals surface area contributed by atoms with Gasteiger partial charge in [0.2, 0.25) is 5.91 Å². The average molecular weight is 464 g/mol. The quantitative estimate of drug-likeness (QED) is 0.433. The molecule has 1 aliphatic rings. The van der Waals surface area contributed by atoms with E-state index in [4.69, 9.17) is 10.00 Å². The number of fused-ring (bicyclic) bond motifs is 3. The Morgan fingerprint density at radius 2 is 1.62 bits per heavy atom. The zero-order chi connectivity index (χ0) is 24.5. The molecule has 2 aromatic carbocycles. The van der Waals surface area contributed by atoms with Gasteiger partial charge in [-0.15, -0.1) is 0 Å². The maximum Gasteiger partial charge on any atom is 0.407 e. The van der Waals surface area contributed by atoms with Crippen LogP contribution in [-0.2, 0) is 14.3 Å². The van der Waals surface area contributed by atoms with Gasteiger partial charge in [0.05, 0.1) is 6.07 Å². The number of carboxylic acids is 1. The van der Waals surface area contributed by atoms with Crippen molar-refractivity contribution in [2.24, 2.45) is 0 Å². The molecule has 0 saturated carbocycles. The van der Waals surface area contributed by atoms with E-state index in [1.165, 1.54) is 0 Å². The number of nitriles is 1. The van der Waals surface area contributed by atoms with Gasteiger partial charge in [-0.1, -0.05) is 61.9 Å². The Balaban J connectivity index is 1.66. The van der Waals surface area contributed by atoms with Gasteiger partial charge in [0.1, 0.15) is 18.7 Å². The maximum atomic E-state index is 12.7. The van der Waals surface area contributed by atoms with Crippen LogP contribution in [0.4, 0.5) is 4.79 Å². The predicted octanol–water partition coefficient (Wildman–Crippen LogP) is 3.96. The number of nitrogens with zero attached hydrogens (tertiary/aromatic N) is 1. The molecule has 0 fully saturated rings. The highest BCUT2D eigenvalue weighted by Gasteiger charge is 2.30. The summed E-state index contributed by atoms with van der Waals surface area (Å²) in [5, 5.41) is 23.2. The third-order valence-corrected chi connectivity index (χ3v) is 5.93. The summed E-state index contributed by atoms with van der Waals surface area (Å²) in [6.45, 7) is 1.92. The van der Waals surface area contributed by atoms with E-state index in [0.717, 1.165) is 22.3 Å². The number of alkyl carbamates (subject to hydrolysis) is 1. The van der Waals surface area contributed by atoms with Crippen LogP contribution in [0.25, 0.3) is 11.1 Å². The summed E-state index contributed by atoms with van der Waals surface area (Å²) < 4.78 is 5.52. The highest BCUT2D eigenvalue weighted by Crippen LogP contribution is 2.44. The lowest BCUT2D eigenvalue weighted by atomic mass is 9.98. The fourth-order valence-corrected chi connectivity index (χ4v) is 4.25. The number of benzene rings is 2. The topological polar surface area (TPSA) is 129 Å². The molecule has 178 valence electrons. The first-order chi connectivity index (χ1) is 16.5. The minimum Gasteiger partial charge on any atom is -0.480 e. The number of hydrogen-bond acceptors (Lipinski definition) is 5. The molecule has 0 aromatic heterocycles. The Hall–Kier alpha value is -3.86. The van der Waals surface area contributed by atoms with Gasteiger partial charge in [-0.2, -0.15) is 5.26 Å². The molecule has 2 unspecified atom stereocenters. The molecular formula is C26H29N3O5. The third kappa shape index (κ3) is 5.93. The Kier molecular flexibility index (Phi) is 8.63. The number of carboxylic acid groups (broad SMARTS) is 1. The Bertz CT molecular complexity index is 1030. The van der Waals surface area contributed by atoms with E-state index in [2.05, 4.69) is 10.6 Å². The fourth-order valence-electron chi connectivity index (χ4n) is 4.25. The first kappa shape index (κ1) is 24.8. The van der Waals surface area contributed by atoms with Crippen LogP contribution in [-0.4, -0.2) is 41.8 Å². The zero-order valence-electron chi connectivity index (χ0n) is 19.1.